The van der Waals surface area contributed by atoms with Gasteiger partial charge in [-0.05, 0) is 0 Å². The average molecular weight is 185 g/mol. The normalized spacial score (nSPS) is 18.3. The molecule has 1 saturated heterocycles. The Bertz CT molecular complexity index is 197. The highest BCUT2D eigenvalue weighted by molar-refractivity contribution is 5.92. The van der Waals surface area contributed by atoms with Gasteiger partial charge < -0.3 is 5.32 Å². The summed E-state index contributed by atoms with van der Waals surface area (Å²) in [7, 11) is 0. The third kappa shape index (κ3) is 2.50. The Morgan fingerprint density at radius 3 is 2.00 bits per heavy atom. The molecule has 0 unspecified atom stereocenters. The molecule has 2 amide bonds. The van der Waals surface area contributed by atoms with Crippen LogP contribution in [0, 0.1) is 0 Å². The molecule has 1 N–H and O–H groups in total. The molecule has 0 bridgehead atoms. The highest BCUT2D eigenvalue weighted by Gasteiger charge is 2.23. The molecular formula is C8H15N3O2. The van der Waals surface area contributed by atoms with Crippen molar-refractivity contribution in [3.63, 3.8) is 0 Å². The van der Waals surface area contributed by atoms with Crippen LogP contribution in [0.3, 0.4) is 0 Å². The van der Waals surface area contributed by atoms with Crippen LogP contribution in [-0.2, 0) is 9.59 Å². The summed E-state index contributed by atoms with van der Waals surface area (Å²) >= 11 is 0. The van der Waals surface area contributed by atoms with Gasteiger partial charge in [0, 0.05) is 40.0 Å². The van der Waals surface area contributed by atoms with E-state index in [9.17, 15) is 9.59 Å². The van der Waals surface area contributed by atoms with Crippen LogP contribution >= 0.6 is 0 Å². The predicted octanol–water partition coefficient (Wildman–Crippen LogP) is -0.798. The molecule has 0 aromatic rings. The summed E-state index contributed by atoms with van der Waals surface area (Å²) in [6, 6.07) is 0. The molecule has 1 rings (SSSR count). The molecule has 0 aromatic carbocycles. The fourth-order valence-corrected chi connectivity index (χ4v) is 1.47. The first-order valence-electron chi connectivity index (χ1n) is 4.40. The number of imide groups is 1. The largest absolute Gasteiger partial charge is 0.314 e. The maximum absolute atomic E-state index is 11.1. The smallest absolute Gasteiger partial charge is 0.240 e. The Morgan fingerprint density at radius 1 is 1.15 bits per heavy atom. The maximum atomic E-state index is 11.1. The highest BCUT2D eigenvalue weighted by Crippen LogP contribution is 2.01. The topological polar surface area (TPSA) is 52.7 Å². The van der Waals surface area contributed by atoms with Crippen LogP contribution < -0.4 is 5.32 Å². The van der Waals surface area contributed by atoms with Crippen molar-refractivity contribution in [1.82, 2.24) is 15.3 Å². The molecule has 0 atom stereocenters. The molecule has 5 heteroatoms. The number of nitrogens with one attached hydrogen (secondary N) is 1. The number of rotatable bonds is 1. The van der Waals surface area contributed by atoms with E-state index >= 15 is 0 Å². The van der Waals surface area contributed by atoms with Gasteiger partial charge in [0.1, 0.15) is 0 Å². The first-order valence-corrected chi connectivity index (χ1v) is 4.40. The Hall–Kier alpha value is -0.940. The van der Waals surface area contributed by atoms with Crippen molar-refractivity contribution in [2.75, 3.05) is 26.2 Å². The highest BCUT2D eigenvalue weighted by atomic mass is 16.2. The lowest BCUT2D eigenvalue weighted by molar-refractivity contribution is -0.162. The van der Waals surface area contributed by atoms with Crippen LogP contribution in [0.2, 0.25) is 0 Å². The van der Waals surface area contributed by atoms with Gasteiger partial charge in [0.2, 0.25) is 11.8 Å². The average Bonchev–Trinajstić information content (AvgIpc) is 2.04. The van der Waals surface area contributed by atoms with E-state index in [1.165, 1.54) is 18.9 Å². The molecule has 0 aliphatic carbocycles. The Kier molecular flexibility index (Phi) is 3.39. The van der Waals surface area contributed by atoms with Crippen LogP contribution in [0.25, 0.3) is 0 Å². The minimum atomic E-state index is -0.214. The summed E-state index contributed by atoms with van der Waals surface area (Å²) in [5.74, 6) is -0.427. The van der Waals surface area contributed by atoms with Gasteiger partial charge in [0.25, 0.3) is 0 Å². The van der Waals surface area contributed by atoms with E-state index in [1.807, 2.05) is 0 Å². The Morgan fingerprint density at radius 2 is 1.62 bits per heavy atom. The van der Waals surface area contributed by atoms with Crippen LogP contribution in [0.4, 0.5) is 0 Å². The summed E-state index contributed by atoms with van der Waals surface area (Å²) in [6.45, 7) is 5.86. The van der Waals surface area contributed by atoms with Crippen molar-refractivity contribution in [2.45, 2.75) is 13.8 Å². The summed E-state index contributed by atoms with van der Waals surface area (Å²) in [5, 5.41) is 6.14. The van der Waals surface area contributed by atoms with Crippen molar-refractivity contribution in [1.29, 1.82) is 0 Å². The van der Waals surface area contributed by atoms with E-state index in [2.05, 4.69) is 5.32 Å². The number of carbonyl (C=O) groups excluding carboxylic acids is 2. The molecule has 1 heterocycles. The molecule has 1 fully saturated rings. The van der Waals surface area contributed by atoms with Crippen LogP contribution in [-0.4, -0.2) is 48.0 Å². The second kappa shape index (κ2) is 4.34. The van der Waals surface area contributed by atoms with Gasteiger partial charge in [-0.15, -0.1) is 0 Å². The zero-order valence-electron chi connectivity index (χ0n) is 8.04. The third-order valence-corrected chi connectivity index (χ3v) is 1.97. The van der Waals surface area contributed by atoms with Gasteiger partial charge in [-0.3, -0.25) is 9.59 Å². The molecule has 1 aliphatic heterocycles. The molecule has 13 heavy (non-hydrogen) atoms. The van der Waals surface area contributed by atoms with E-state index in [4.69, 9.17) is 0 Å². The maximum Gasteiger partial charge on any atom is 0.240 e. The van der Waals surface area contributed by atoms with E-state index in [0.29, 0.717) is 13.1 Å². The first kappa shape index (κ1) is 10.1. The Labute approximate surface area is 77.7 Å². The second-order valence-electron chi connectivity index (χ2n) is 3.05. The molecule has 0 spiro atoms. The van der Waals surface area contributed by atoms with Gasteiger partial charge in [0.05, 0.1) is 0 Å². The molecule has 0 radical (unpaired) electrons. The molecule has 5 nitrogen and oxygen atoms in total. The number of amides is 2. The van der Waals surface area contributed by atoms with Crippen molar-refractivity contribution in [2.24, 2.45) is 0 Å². The first-order chi connectivity index (χ1) is 6.13. The number of hydrazine groups is 1. The zero-order chi connectivity index (χ0) is 9.84. The van der Waals surface area contributed by atoms with Crippen LogP contribution in [0.1, 0.15) is 13.8 Å². The minimum Gasteiger partial charge on any atom is -0.314 e. The monoisotopic (exact) mass is 185 g/mol. The number of hydrogen-bond donors (Lipinski definition) is 1. The Balaban J connectivity index is 2.62. The SMILES string of the molecule is CC(=O)N(C(C)=O)N1CCNCC1. The van der Waals surface area contributed by atoms with E-state index in [0.717, 1.165) is 13.1 Å². The van der Waals surface area contributed by atoms with Gasteiger partial charge in [-0.1, -0.05) is 0 Å². The number of nitrogens with zero attached hydrogens (tertiary/aromatic N) is 2. The number of carbonyl (C=O) groups is 2. The van der Waals surface area contributed by atoms with E-state index < -0.39 is 0 Å². The lowest BCUT2D eigenvalue weighted by Crippen LogP contribution is -2.55. The number of hydrogen-bond acceptors (Lipinski definition) is 4. The lowest BCUT2D eigenvalue weighted by Gasteiger charge is -2.34. The van der Waals surface area contributed by atoms with E-state index in [1.54, 1.807) is 5.01 Å². The quantitative estimate of drug-likeness (QED) is 0.581. The molecule has 74 valence electrons. The van der Waals surface area contributed by atoms with Gasteiger partial charge in [-0.2, -0.15) is 0 Å². The summed E-state index contributed by atoms with van der Waals surface area (Å²) in [6.07, 6.45) is 0. The van der Waals surface area contributed by atoms with E-state index in [-0.39, 0.29) is 11.8 Å². The van der Waals surface area contributed by atoms with Gasteiger partial charge >= 0.3 is 0 Å². The molecule has 0 aromatic heterocycles. The lowest BCUT2D eigenvalue weighted by atomic mass is 10.4. The molecule has 1 aliphatic rings. The second-order valence-corrected chi connectivity index (χ2v) is 3.05. The summed E-state index contributed by atoms with van der Waals surface area (Å²) < 4.78 is 0. The summed E-state index contributed by atoms with van der Waals surface area (Å²) in [5.41, 5.74) is 0. The molecular weight excluding hydrogens is 170 g/mol. The molecule has 0 saturated carbocycles. The van der Waals surface area contributed by atoms with Crippen LogP contribution in [0.15, 0.2) is 0 Å². The summed E-state index contributed by atoms with van der Waals surface area (Å²) in [4.78, 5) is 22.3. The standard InChI is InChI=1S/C8H15N3O2/c1-7(12)11(8(2)13)10-5-3-9-4-6-10/h9H,3-6H2,1-2H3. The van der Waals surface area contributed by atoms with Crippen molar-refractivity contribution in [3.05, 3.63) is 0 Å². The minimum absolute atomic E-state index is 0.214. The van der Waals surface area contributed by atoms with Gasteiger partial charge in [0.15, 0.2) is 0 Å². The van der Waals surface area contributed by atoms with Gasteiger partial charge in [-0.25, -0.2) is 10.0 Å². The fourth-order valence-electron chi connectivity index (χ4n) is 1.47. The van der Waals surface area contributed by atoms with Crippen molar-refractivity contribution < 1.29 is 9.59 Å². The third-order valence-electron chi connectivity index (χ3n) is 1.97. The number of piperazine rings is 1. The van der Waals surface area contributed by atoms with Crippen LogP contribution in [0.5, 0.6) is 0 Å². The van der Waals surface area contributed by atoms with Crippen molar-refractivity contribution in [3.8, 4) is 0 Å². The fraction of sp³-hybridized carbons (Fsp3) is 0.750. The predicted molar refractivity (Wildman–Crippen MR) is 47.6 cm³/mol. The zero-order valence-corrected chi connectivity index (χ0v) is 8.04. The van der Waals surface area contributed by atoms with Crippen molar-refractivity contribution >= 4 is 11.8 Å².